The molecule has 3 atom stereocenters. The van der Waals surface area contributed by atoms with Crippen molar-refractivity contribution < 1.29 is 4.74 Å². The molecular formula is C10H12N2O. The van der Waals surface area contributed by atoms with E-state index in [0.717, 1.165) is 31.0 Å². The van der Waals surface area contributed by atoms with Gasteiger partial charge in [0.05, 0.1) is 24.6 Å². The summed E-state index contributed by atoms with van der Waals surface area (Å²) >= 11 is 0. The van der Waals surface area contributed by atoms with E-state index in [4.69, 9.17) is 4.74 Å². The Labute approximate surface area is 76.7 Å². The third kappa shape index (κ3) is 0.680. The van der Waals surface area contributed by atoms with Gasteiger partial charge in [-0.05, 0) is 18.3 Å². The molecule has 2 heterocycles. The molecule has 3 heteroatoms. The van der Waals surface area contributed by atoms with Crippen molar-refractivity contribution in [2.24, 2.45) is 18.9 Å². The van der Waals surface area contributed by atoms with Gasteiger partial charge in [0.25, 0.3) is 0 Å². The molecule has 68 valence electrons. The Hall–Kier alpha value is -0.830. The molecule has 0 radical (unpaired) electrons. The molecule has 0 aromatic carbocycles. The van der Waals surface area contributed by atoms with E-state index in [0.29, 0.717) is 0 Å². The topological polar surface area (TPSA) is 27.1 Å². The second-order valence-electron chi connectivity index (χ2n) is 4.52. The van der Waals surface area contributed by atoms with Gasteiger partial charge in [-0.25, -0.2) is 0 Å². The molecule has 1 aromatic rings. The first kappa shape index (κ1) is 6.60. The predicted molar refractivity (Wildman–Crippen MR) is 46.0 cm³/mol. The molecule has 13 heavy (non-hydrogen) atoms. The van der Waals surface area contributed by atoms with Crippen molar-refractivity contribution in [2.45, 2.75) is 25.6 Å². The fraction of sp³-hybridized carbons (Fsp3) is 0.700. The molecule has 0 saturated heterocycles. The van der Waals surface area contributed by atoms with Gasteiger partial charge in [0.2, 0.25) is 0 Å². The largest absolute Gasteiger partial charge is 0.370 e. The standard InChI is InChI=1S/C10H12N2O/c1-12-8-4-13-3-7(8)10(11-12)9-5-2-6(5)9/h5-6,9H,2-4H2,1H3/t5-,6+,9-. The number of aromatic nitrogens is 2. The number of ether oxygens (including phenoxy) is 1. The molecule has 3 nitrogen and oxygen atoms in total. The van der Waals surface area contributed by atoms with Gasteiger partial charge in [0, 0.05) is 18.5 Å². The lowest BCUT2D eigenvalue weighted by atomic mass is 10.1. The maximum atomic E-state index is 5.44. The van der Waals surface area contributed by atoms with E-state index in [1.54, 1.807) is 0 Å². The van der Waals surface area contributed by atoms with Crippen LogP contribution in [0.3, 0.4) is 0 Å². The summed E-state index contributed by atoms with van der Waals surface area (Å²) in [6, 6.07) is 0. The first-order valence-corrected chi connectivity index (χ1v) is 4.98. The molecule has 3 aliphatic rings. The van der Waals surface area contributed by atoms with Crippen LogP contribution in [0.5, 0.6) is 0 Å². The third-order valence-corrected chi connectivity index (χ3v) is 3.78. The molecule has 1 aliphatic heterocycles. The van der Waals surface area contributed by atoms with E-state index in [9.17, 15) is 0 Å². The summed E-state index contributed by atoms with van der Waals surface area (Å²) in [5, 5.41) is 4.61. The van der Waals surface area contributed by atoms with Crippen LogP contribution in [0.2, 0.25) is 0 Å². The average Bonchev–Trinajstić information content (AvgIpc) is 2.89. The Balaban J connectivity index is 1.84. The smallest absolute Gasteiger partial charge is 0.0893 e. The Morgan fingerprint density at radius 2 is 2.23 bits per heavy atom. The van der Waals surface area contributed by atoms with Crippen LogP contribution in [-0.2, 0) is 25.0 Å². The normalized spacial score (nSPS) is 38.7. The van der Waals surface area contributed by atoms with Crippen molar-refractivity contribution in [1.82, 2.24) is 9.78 Å². The van der Waals surface area contributed by atoms with Gasteiger partial charge in [-0.2, -0.15) is 5.10 Å². The summed E-state index contributed by atoms with van der Waals surface area (Å²) in [7, 11) is 2.03. The predicted octanol–water partition coefficient (Wildman–Crippen LogP) is 1.18. The minimum atomic E-state index is 0.765. The van der Waals surface area contributed by atoms with Crippen molar-refractivity contribution >= 4 is 0 Å². The van der Waals surface area contributed by atoms with Gasteiger partial charge in [-0.15, -0.1) is 0 Å². The summed E-state index contributed by atoms with van der Waals surface area (Å²) in [6.07, 6.45) is 1.46. The Kier molecular flexibility index (Phi) is 0.926. The summed E-state index contributed by atoms with van der Waals surface area (Å²) in [6.45, 7) is 1.56. The zero-order valence-corrected chi connectivity index (χ0v) is 7.66. The van der Waals surface area contributed by atoms with E-state index >= 15 is 0 Å². The van der Waals surface area contributed by atoms with Gasteiger partial charge in [0.1, 0.15) is 0 Å². The van der Waals surface area contributed by atoms with Gasteiger partial charge in [-0.1, -0.05) is 0 Å². The van der Waals surface area contributed by atoms with Crippen molar-refractivity contribution in [2.75, 3.05) is 0 Å². The second-order valence-corrected chi connectivity index (χ2v) is 4.52. The van der Waals surface area contributed by atoms with Crippen LogP contribution in [0.1, 0.15) is 29.3 Å². The third-order valence-electron chi connectivity index (χ3n) is 3.78. The fourth-order valence-electron chi connectivity index (χ4n) is 2.66. The molecule has 0 unspecified atom stereocenters. The molecule has 2 fully saturated rings. The Morgan fingerprint density at radius 1 is 1.38 bits per heavy atom. The van der Waals surface area contributed by atoms with Crippen molar-refractivity contribution in [3.8, 4) is 0 Å². The van der Waals surface area contributed by atoms with Crippen molar-refractivity contribution in [1.29, 1.82) is 0 Å². The molecule has 0 bridgehead atoms. The van der Waals surface area contributed by atoms with Crippen LogP contribution in [-0.4, -0.2) is 9.78 Å². The van der Waals surface area contributed by atoms with E-state index in [1.165, 1.54) is 23.4 Å². The van der Waals surface area contributed by atoms with E-state index in [2.05, 4.69) is 5.10 Å². The molecule has 0 spiro atoms. The first-order valence-electron chi connectivity index (χ1n) is 4.98. The quantitative estimate of drug-likeness (QED) is 0.642. The molecule has 4 rings (SSSR count). The highest BCUT2D eigenvalue weighted by molar-refractivity contribution is 5.39. The maximum Gasteiger partial charge on any atom is 0.0893 e. The fourth-order valence-corrected chi connectivity index (χ4v) is 2.66. The number of rotatable bonds is 1. The minimum Gasteiger partial charge on any atom is -0.370 e. The van der Waals surface area contributed by atoms with E-state index in [1.807, 2.05) is 11.7 Å². The van der Waals surface area contributed by atoms with E-state index < -0.39 is 0 Å². The van der Waals surface area contributed by atoms with Gasteiger partial charge >= 0.3 is 0 Å². The van der Waals surface area contributed by atoms with Crippen LogP contribution in [0, 0.1) is 11.8 Å². The van der Waals surface area contributed by atoms with Crippen molar-refractivity contribution in [3.05, 3.63) is 17.0 Å². The van der Waals surface area contributed by atoms with Crippen LogP contribution in [0.4, 0.5) is 0 Å². The zero-order chi connectivity index (χ0) is 8.58. The van der Waals surface area contributed by atoms with Crippen LogP contribution in [0.15, 0.2) is 0 Å². The maximum absolute atomic E-state index is 5.44. The lowest BCUT2D eigenvalue weighted by Gasteiger charge is -2.00. The summed E-state index contributed by atoms with van der Waals surface area (Å²) in [5.74, 6) is 2.82. The van der Waals surface area contributed by atoms with Crippen molar-refractivity contribution in [3.63, 3.8) is 0 Å². The van der Waals surface area contributed by atoms with E-state index in [-0.39, 0.29) is 0 Å². The highest BCUT2D eigenvalue weighted by Crippen LogP contribution is 2.73. The lowest BCUT2D eigenvalue weighted by Crippen LogP contribution is -1.99. The lowest BCUT2D eigenvalue weighted by molar-refractivity contribution is 0.129. The highest BCUT2D eigenvalue weighted by atomic mass is 16.5. The number of hydrogen-bond donors (Lipinski definition) is 0. The molecule has 2 saturated carbocycles. The first-order chi connectivity index (χ1) is 6.36. The molecule has 1 aromatic heterocycles. The van der Waals surface area contributed by atoms with Gasteiger partial charge in [-0.3, -0.25) is 4.68 Å². The molecule has 0 amide bonds. The van der Waals surface area contributed by atoms with Crippen LogP contribution < -0.4 is 0 Å². The summed E-state index contributed by atoms with van der Waals surface area (Å²) in [4.78, 5) is 0. The number of aryl methyl sites for hydroxylation is 1. The monoisotopic (exact) mass is 176 g/mol. The number of nitrogens with zero attached hydrogens (tertiary/aromatic N) is 2. The van der Waals surface area contributed by atoms with Gasteiger partial charge in [0.15, 0.2) is 0 Å². The SMILES string of the molecule is Cn1nc([C@@H]2[C@@H]3C[C@@H]32)c2c1COC2. The van der Waals surface area contributed by atoms with Crippen LogP contribution in [0.25, 0.3) is 0 Å². The molecule has 2 aliphatic carbocycles. The Bertz CT molecular complexity index is 388. The second kappa shape index (κ2) is 1.82. The van der Waals surface area contributed by atoms with Gasteiger partial charge < -0.3 is 4.74 Å². The Morgan fingerprint density at radius 3 is 2.92 bits per heavy atom. The average molecular weight is 176 g/mol. The number of fused-ring (bicyclic) bond motifs is 2. The number of hydrogen-bond acceptors (Lipinski definition) is 2. The molecule has 0 N–H and O–H groups in total. The van der Waals surface area contributed by atoms with Crippen LogP contribution >= 0.6 is 0 Å². The summed E-state index contributed by atoms with van der Waals surface area (Å²) in [5.41, 5.74) is 4.07. The highest BCUT2D eigenvalue weighted by Gasteiger charge is 2.66. The zero-order valence-electron chi connectivity index (χ0n) is 7.66. The summed E-state index contributed by atoms with van der Waals surface area (Å²) < 4.78 is 7.45. The molecular weight excluding hydrogens is 164 g/mol. The minimum absolute atomic E-state index is 0.765.